The highest BCUT2D eigenvalue weighted by molar-refractivity contribution is 5.95. The third-order valence-corrected chi connectivity index (χ3v) is 4.96. The number of carbonyl (C=O) groups is 1. The Labute approximate surface area is 160 Å². The first-order chi connectivity index (χ1) is 13.5. The number of hydrogen-bond donors (Lipinski definition) is 0. The lowest BCUT2D eigenvalue weighted by atomic mass is 10.0. The molecule has 4 rings (SSSR count). The molecular weight excluding hydrogens is 364 g/mol. The molecule has 0 unspecified atom stereocenters. The Morgan fingerprint density at radius 3 is 2.61 bits per heavy atom. The van der Waals surface area contributed by atoms with E-state index in [2.05, 4.69) is 15.4 Å². The van der Waals surface area contributed by atoms with E-state index in [0.29, 0.717) is 35.6 Å². The maximum Gasteiger partial charge on any atom is 0.254 e. The fourth-order valence-corrected chi connectivity index (χ4v) is 3.46. The molecule has 1 atom stereocenters. The zero-order chi connectivity index (χ0) is 19.7. The second kappa shape index (κ2) is 7.46. The number of aromatic nitrogens is 4. The first-order valence-corrected chi connectivity index (χ1v) is 9.12. The van der Waals surface area contributed by atoms with Crippen LogP contribution in [-0.2, 0) is 0 Å². The van der Waals surface area contributed by atoms with Crippen LogP contribution >= 0.6 is 0 Å². The number of tetrazole rings is 1. The summed E-state index contributed by atoms with van der Waals surface area (Å²) in [5.41, 5.74) is 1.79. The van der Waals surface area contributed by atoms with E-state index in [4.69, 9.17) is 0 Å². The Bertz CT molecular complexity index is 1000. The summed E-state index contributed by atoms with van der Waals surface area (Å²) in [6.07, 6.45) is 1.63. The normalized spacial score (nSPS) is 17.0. The number of nitrogens with zero attached hydrogens (tertiary/aromatic N) is 5. The second-order valence-corrected chi connectivity index (χ2v) is 6.95. The molecule has 0 radical (unpaired) electrons. The van der Waals surface area contributed by atoms with Crippen LogP contribution in [0.4, 0.5) is 8.78 Å². The fourth-order valence-electron chi connectivity index (χ4n) is 3.46. The largest absolute Gasteiger partial charge is 0.336 e. The highest BCUT2D eigenvalue weighted by atomic mass is 19.1. The minimum atomic E-state index is -0.356. The number of halogens is 2. The molecule has 6 nitrogen and oxygen atoms in total. The van der Waals surface area contributed by atoms with Crippen LogP contribution in [0.3, 0.4) is 0 Å². The lowest BCUT2D eigenvalue weighted by Gasteiger charge is -2.32. The molecule has 2 aromatic carbocycles. The highest BCUT2D eigenvalue weighted by Gasteiger charge is 2.28. The average Bonchev–Trinajstić information content (AvgIpc) is 3.18. The standard InChI is InChI=1S/C20H19F2N5O/c1-13-11-16(22)8-9-18(13)20(28)26-10-2-3-17(12-26)27-24-19(23-25-27)14-4-6-15(21)7-5-14/h4-9,11,17H,2-3,10,12H2,1H3/t17-/m0/s1. The number of benzene rings is 2. The van der Waals surface area contributed by atoms with Gasteiger partial charge in [-0.25, -0.2) is 8.78 Å². The van der Waals surface area contributed by atoms with Crippen LogP contribution in [0, 0.1) is 18.6 Å². The topological polar surface area (TPSA) is 63.9 Å². The van der Waals surface area contributed by atoms with E-state index < -0.39 is 0 Å². The molecule has 0 saturated carbocycles. The van der Waals surface area contributed by atoms with Crippen molar-refractivity contribution in [2.75, 3.05) is 13.1 Å². The zero-order valence-electron chi connectivity index (χ0n) is 15.3. The van der Waals surface area contributed by atoms with Crippen LogP contribution in [0.5, 0.6) is 0 Å². The summed E-state index contributed by atoms with van der Waals surface area (Å²) in [6, 6.07) is 9.99. The molecule has 1 amide bonds. The van der Waals surface area contributed by atoms with E-state index in [0.717, 1.165) is 12.8 Å². The van der Waals surface area contributed by atoms with Crippen molar-refractivity contribution in [3.05, 3.63) is 65.2 Å². The van der Waals surface area contributed by atoms with Crippen molar-refractivity contribution in [3.8, 4) is 11.4 Å². The van der Waals surface area contributed by atoms with Crippen molar-refractivity contribution in [2.45, 2.75) is 25.8 Å². The van der Waals surface area contributed by atoms with Crippen molar-refractivity contribution in [1.82, 2.24) is 25.1 Å². The van der Waals surface area contributed by atoms with Gasteiger partial charge >= 0.3 is 0 Å². The second-order valence-electron chi connectivity index (χ2n) is 6.95. The van der Waals surface area contributed by atoms with Crippen molar-refractivity contribution in [3.63, 3.8) is 0 Å². The zero-order valence-corrected chi connectivity index (χ0v) is 15.3. The maximum atomic E-state index is 13.3. The van der Waals surface area contributed by atoms with Crippen molar-refractivity contribution < 1.29 is 13.6 Å². The van der Waals surface area contributed by atoms with Gasteiger partial charge in [0.2, 0.25) is 5.82 Å². The van der Waals surface area contributed by atoms with E-state index in [9.17, 15) is 13.6 Å². The predicted octanol–water partition coefficient (Wildman–Crippen LogP) is 3.40. The lowest BCUT2D eigenvalue weighted by molar-refractivity contribution is 0.0662. The van der Waals surface area contributed by atoms with Crippen LogP contribution in [0.2, 0.25) is 0 Å². The van der Waals surface area contributed by atoms with Crippen LogP contribution in [0.15, 0.2) is 42.5 Å². The van der Waals surface area contributed by atoms with Gasteiger partial charge in [-0.05, 0) is 73.0 Å². The van der Waals surface area contributed by atoms with E-state index in [1.54, 1.807) is 24.0 Å². The summed E-state index contributed by atoms with van der Waals surface area (Å²) in [7, 11) is 0. The molecular formula is C20H19F2N5O. The summed E-state index contributed by atoms with van der Waals surface area (Å²) < 4.78 is 26.4. The third-order valence-electron chi connectivity index (χ3n) is 4.96. The number of carbonyl (C=O) groups excluding carboxylic acids is 1. The molecule has 3 aromatic rings. The molecule has 1 aromatic heterocycles. The van der Waals surface area contributed by atoms with Crippen LogP contribution in [0.1, 0.15) is 34.8 Å². The number of amides is 1. The molecule has 0 N–H and O–H groups in total. The van der Waals surface area contributed by atoms with Gasteiger partial charge in [0.15, 0.2) is 0 Å². The Morgan fingerprint density at radius 1 is 1.11 bits per heavy atom. The summed E-state index contributed by atoms with van der Waals surface area (Å²) in [6.45, 7) is 2.81. The Morgan fingerprint density at radius 2 is 1.86 bits per heavy atom. The SMILES string of the molecule is Cc1cc(F)ccc1C(=O)N1CCC[C@H](n2nnc(-c3ccc(F)cc3)n2)C1. The van der Waals surface area contributed by atoms with Gasteiger partial charge < -0.3 is 4.90 Å². The van der Waals surface area contributed by atoms with Gasteiger partial charge in [-0.2, -0.15) is 4.80 Å². The molecule has 0 spiro atoms. The molecule has 144 valence electrons. The van der Waals surface area contributed by atoms with E-state index in [-0.39, 0.29) is 23.6 Å². The molecule has 1 saturated heterocycles. The van der Waals surface area contributed by atoms with E-state index in [1.165, 1.54) is 35.1 Å². The summed E-state index contributed by atoms with van der Waals surface area (Å²) in [5, 5.41) is 12.6. The molecule has 1 aliphatic rings. The van der Waals surface area contributed by atoms with E-state index >= 15 is 0 Å². The molecule has 28 heavy (non-hydrogen) atoms. The quantitative estimate of drug-likeness (QED) is 0.695. The minimum Gasteiger partial charge on any atom is -0.336 e. The smallest absolute Gasteiger partial charge is 0.254 e. The molecule has 1 aliphatic heterocycles. The minimum absolute atomic E-state index is 0.0971. The monoisotopic (exact) mass is 383 g/mol. The van der Waals surface area contributed by atoms with Crippen LogP contribution in [-0.4, -0.2) is 44.1 Å². The van der Waals surface area contributed by atoms with Gasteiger partial charge in [0.1, 0.15) is 11.6 Å². The fraction of sp³-hybridized carbons (Fsp3) is 0.300. The average molecular weight is 383 g/mol. The first kappa shape index (κ1) is 18.2. The van der Waals surface area contributed by atoms with Crippen LogP contribution < -0.4 is 0 Å². The van der Waals surface area contributed by atoms with Gasteiger partial charge in [-0.15, -0.1) is 10.2 Å². The molecule has 0 aliphatic carbocycles. The van der Waals surface area contributed by atoms with Gasteiger partial charge in [0.25, 0.3) is 5.91 Å². The number of rotatable bonds is 3. The molecule has 1 fully saturated rings. The summed E-state index contributed by atoms with van der Waals surface area (Å²) in [4.78, 5) is 16.1. The molecule has 0 bridgehead atoms. The van der Waals surface area contributed by atoms with Crippen LogP contribution in [0.25, 0.3) is 11.4 Å². The van der Waals surface area contributed by atoms with Gasteiger partial charge in [0.05, 0.1) is 6.04 Å². The van der Waals surface area contributed by atoms with Crippen molar-refractivity contribution in [2.24, 2.45) is 0 Å². The number of piperidine rings is 1. The molecule has 2 heterocycles. The first-order valence-electron chi connectivity index (χ1n) is 9.12. The van der Waals surface area contributed by atoms with Gasteiger partial charge in [0, 0.05) is 24.2 Å². The van der Waals surface area contributed by atoms with Gasteiger partial charge in [-0.3, -0.25) is 4.79 Å². The van der Waals surface area contributed by atoms with Gasteiger partial charge in [-0.1, -0.05) is 0 Å². The third kappa shape index (κ3) is 3.62. The lowest BCUT2D eigenvalue weighted by Crippen LogP contribution is -2.41. The number of aryl methyl sites for hydroxylation is 1. The maximum absolute atomic E-state index is 13.3. The summed E-state index contributed by atoms with van der Waals surface area (Å²) >= 11 is 0. The van der Waals surface area contributed by atoms with E-state index in [1.807, 2.05) is 0 Å². The molecule has 8 heteroatoms. The summed E-state index contributed by atoms with van der Waals surface area (Å²) in [5.74, 6) is -0.390. The number of likely N-dealkylation sites (tertiary alicyclic amines) is 1. The Balaban J connectivity index is 1.51. The van der Waals surface area contributed by atoms with Crippen molar-refractivity contribution in [1.29, 1.82) is 0 Å². The predicted molar refractivity (Wildman–Crippen MR) is 98.5 cm³/mol. The number of hydrogen-bond acceptors (Lipinski definition) is 4. The Kier molecular flexibility index (Phi) is 4.85. The Hall–Kier alpha value is -3.16. The van der Waals surface area contributed by atoms with Crippen molar-refractivity contribution >= 4 is 5.91 Å². The highest BCUT2D eigenvalue weighted by Crippen LogP contribution is 2.24.